The first-order chi connectivity index (χ1) is 10.1. The quantitative estimate of drug-likeness (QED) is 0.784. The number of carbonyl (C=O) groups excluding carboxylic acids is 1. The molecule has 0 bridgehead atoms. The van der Waals surface area contributed by atoms with Crippen LogP contribution in [0.4, 0.5) is 5.69 Å². The molecule has 0 aromatic heterocycles. The Morgan fingerprint density at radius 3 is 2.57 bits per heavy atom. The summed E-state index contributed by atoms with van der Waals surface area (Å²) in [4.78, 5) is 18.9. The lowest BCUT2D eigenvalue weighted by molar-refractivity contribution is 0.101. The molecule has 0 aliphatic carbocycles. The lowest BCUT2D eigenvalue weighted by Crippen LogP contribution is -2.46. The molecule has 1 saturated heterocycles. The Balaban J connectivity index is 1.58. The fourth-order valence-corrected chi connectivity index (χ4v) is 3.25. The van der Waals surface area contributed by atoms with Gasteiger partial charge in [-0.2, -0.15) is 0 Å². The monoisotopic (exact) mass is 287 g/mol. The molecule has 0 saturated carbocycles. The van der Waals surface area contributed by atoms with Gasteiger partial charge in [-0.1, -0.05) is 0 Å². The predicted octanol–water partition coefficient (Wildman–Crippen LogP) is 1.50. The molecule has 0 spiro atoms. The van der Waals surface area contributed by atoms with Gasteiger partial charge in [0.25, 0.3) is 0 Å². The molecule has 1 fully saturated rings. The summed E-state index contributed by atoms with van der Waals surface area (Å²) in [6.07, 6.45) is 1.07. The minimum absolute atomic E-state index is 0.161. The molecule has 1 aromatic rings. The second-order valence-electron chi connectivity index (χ2n) is 6.28. The highest BCUT2D eigenvalue weighted by molar-refractivity contribution is 5.94. The van der Waals surface area contributed by atoms with E-state index < -0.39 is 0 Å². The Bertz CT molecular complexity index is 521. The van der Waals surface area contributed by atoms with E-state index in [4.69, 9.17) is 0 Å². The van der Waals surface area contributed by atoms with Crippen molar-refractivity contribution in [1.29, 1.82) is 0 Å². The fraction of sp³-hybridized carbons (Fsp3) is 0.588. The summed E-state index contributed by atoms with van der Waals surface area (Å²) in [5, 5.41) is 0. The fourth-order valence-electron chi connectivity index (χ4n) is 3.25. The molecule has 0 amide bonds. The van der Waals surface area contributed by atoms with E-state index in [0.29, 0.717) is 0 Å². The Labute approximate surface area is 127 Å². The van der Waals surface area contributed by atoms with Gasteiger partial charge in [-0.3, -0.25) is 9.69 Å². The highest BCUT2D eigenvalue weighted by atomic mass is 16.1. The minimum atomic E-state index is 0.161. The van der Waals surface area contributed by atoms with Gasteiger partial charge < -0.3 is 9.80 Å². The Kier molecular flexibility index (Phi) is 4.27. The average Bonchev–Trinajstić information content (AvgIpc) is 2.89. The van der Waals surface area contributed by atoms with Gasteiger partial charge in [-0.25, -0.2) is 0 Å². The zero-order valence-electron chi connectivity index (χ0n) is 13.1. The lowest BCUT2D eigenvalue weighted by Gasteiger charge is -2.33. The largest absolute Gasteiger partial charge is 0.370 e. The van der Waals surface area contributed by atoms with Crippen molar-refractivity contribution in [2.24, 2.45) is 0 Å². The summed E-state index contributed by atoms with van der Waals surface area (Å²) >= 11 is 0. The maximum absolute atomic E-state index is 11.5. The van der Waals surface area contributed by atoms with E-state index in [9.17, 15) is 4.79 Å². The van der Waals surface area contributed by atoms with Gasteiger partial charge in [0.1, 0.15) is 0 Å². The van der Waals surface area contributed by atoms with Crippen LogP contribution in [0.15, 0.2) is 18.2 Å². The number of rotatable bonds is 4. The Morgan fingerprint density at radius 2 is 1.86 bits per heavy atom. The van der Waals surface area contributed by atoms with Crippen LogP contribution in [0.25, 0.3) is 0 Å². The molecule has 21 heavy (non-hydrogen) atoms. The number of hydrogen-bond acceptors (Lipinski definition) is 4. The highest BCUT2D eigenvalue weighted by Gasteiger charge is 2.21. The molecule has 0 N–H and O–H groups in total. The second-order valence-corrected chi connectivity index (χ2v) is 6.28. The van der Waals surface area contributed by atoms with E-state index in [2.05, 4.69) is 33.9 Å². The molecule has 2 aliphatic rings. The van der Waals surface area contributed by atoms with Crippen molar-refractivity contribution in [1.82, 2.24) is 9.80 Å². The van der Waals surface area contributed by atoms with Crippen LogP contribution < -0.4 is 4.90 Å². The number of carbonyl (C=O) groups is 1. The van der Waals surface area contributed by atoms with Gasteiger partial charge in [-0.15, -0.1) is 0 Å². The van der Waals surface area contributed by atoms with Gasteiger partial charge >= 0.3 is 0 Å². The smallest absolute Gasteiger partial charge is 0.159 e. The summed E-state index contributed by atoms with van der Waals surface area (Å²) in [5.74, 6) is 0.161. The summed E-state index contributed by atoms with van der Waals surface area (Å²) in [5.41, 5.74) is 3.50. The SMILES string of the molecule is CC(=O)c1ccc2c(c1)CCN2CCN1CCN(C)CC1. The molecule has 3 rings (SSSR count). The van der Waals surface area contributed by atoms with Crippen molar-refractivity contribution in [3.05, 3.63) is 29.3 Å². The van der Waals surface area contributed by atoms with Crippen molar-refractivity contribution in [3.63, 3.8) is 0 Å². The molecule has 114 valence electrons. The van der Waals surface area contributed by atoms with Crippen LogP contribution in [0.1, 0.15) is 22.8 Å². The van der Waals surface area contributed by atoms with Crippen LogP contribution >= 0.6 is 0 Å². The van der Waals surface area contributed by atoms with Gasteiger partial charge in [0.05, 0.1) is 0 Å². The number of hydrogen-bond donors (Lipinski definition) is 0. The molecule has 4 heteroatoms. The second kappa shape index (κ2) is 6.16. The third-order valence-electron chi connectivity index (χ3n) is 4.76. The van der Waals surface area contributed by atoms with Crippen LogP contribution in [0.5, 0.6) is 0 Å². The maximum atomic E-state index is 11.5. The molecule has 0 unspecified atom stereocenters. The molecule has 0 radical (unpaired) electrons. The van der Waals surface area contributed by atoms with Crippen molar-refractivity contribution >= 4 is 11.5 Å². The Hall–Kier alpha value is -1.39. The third kappa shape index (κ3) is 3.27. The topological polar surface area (TPSA) is 26.8 Å². The number of Topliss-reactive ketones (excluding diaryl/α,β-unsaturated/α-hetero) is 1. The van der Waals surface area contributed by atoms with E-state index in [1.807, 2.05) is 6.07 Å². The first kappa shape index (κ1) is 14.5. The molecule has 4 nitrogen and oxygen atoms in total. The molecule has 2 heterocycles. The van der Waals surface area contributed by atoms with E-state index in [-0.39, 0.29) is 5.78 Å². The zero-order valence-corrected chi connectivity index (χ0v) is 13.1. The van der Waals surface area contributed by atoms with Crippen LogP contribution in [0.3, 0.4) is 0 Å². The standard InChI is InChI=1S/C17H25N3O/c1-14(21)15-3-4-17-16(13-15)5-6-20(17)12-11-19-9-7-18(2)8-10-19/h3-4,13H,5-12H2,1-2H3. The van der Waals surface area contributed by atoms with E-state index in [1.54, 1.807) is 6.92 Å². The predicted molar refractivity (Wildman–Crippen MR) is 86.3 cm³/mol. The number of fused-ring (bicyclic) bond motifs is 1. The average molecular weight is 287 g/mol. The van der Waals surface area contributed by atoms with Crippen molar-refractivity contribution < 1.29 is 4.79 Å². The number of likely N-dealkylation sites (N-methyl/N-ethyl adjacent to an activating group) is 1. The first-order valence-corrected chi connectivity index (χ1v) is 7.93. The normalized spacial score (nSPS) is 19.8. The Morgan fingerprint density at radius 1 is 1.10 bits per heavy atom. The summed E-state index contributed by atoms with van der Waals surface area (Å²) < 4.78 is 0. The summed E-state index contributed by atoms with van der Waals surface area (Å²) in [7, 11) is 2.20. The molecule has 2 aliphatic heterocycles. The van der Waals surface area contributed by atoms with Gasteiger partial charge in [0, 0.05) is 57.1 Å². The van der Waals surface area contributed by atoms with Crippen LogP contribution in [0.2, 0.25) is 0 Å². The zero-order chi connectivity index (χ0) is 14.8. The lowest BCUT2D eigenvalue weighted by atomic mass is 10.1. The van der Waals surface area contributed by atoms with Gasteiger partial charge in [-0.05, 0) is 44.2 Å². The molecular formula is C17H25N3O. The first-order valence-electron chi connectivity index (χ1n) is 7.93. The van der Waals surface area contributed by atoms with Crippen molar-refractivity contribution in [3.8, 4) is 0 Å². The van der Waals surface area contributed by atoms with Gasteiger partial charge in [0.2, 0.25) is 0 Å². The summed E-state index contributed by atoms with van der Waals surface area (Å²) in [6, 6.07) is 6.17. The number of benzene rings is 1. The third-order valence-corrected chi connectivity index (χ3v) is 4.76. The van der Waals surface area contributed by atoms with E-state index in [1.165, 1.54) is 37.4 Å². The minimum Gasteiger partial charge on any atom is -0.370 e. The van der Waals surface area contributed by atoms with Crippen LogP contribution in [-0.4, -0.2) is 68.4 Å². The molecule has 1 aromatic carbocycles. The number of piperazine rings is 1. The van der Waals surface area contributed by atoms with Gasteiger partial charge in [0.15, 0.2) is 5.78 Å². The van der Waals surface area contributed by atoms with Crippen molar-refractivity contribution in [2.75, 3.05) is 57.8 Å². The maximum Gasteiger partial charge on any atom is 0.159 e. The summed E-state index contributed by atoms with van der Waals surface area (Å²) in [6.45, 7) is 9.68. The highest BCUT2D eigenvalue weighted by Crippen LogP contribution is 2.28. The number of anilines is 1. The molecular weight excluding hydrogens is 262 g/mol. The van der Waals surface area contributed by atoms with E-state index >= 15 is 0 Å². The number of ketones is 1. The number of nitrogens with zero attached hydrogens (tertiary/aromatic N) is 3. The molecule has 0 atom stereocenters. The van der Waals surface area contributed by atoms with Crippen LogP contribution in [0, 0.1) is 0 Å². The van der Waals surface area contributed by atoms with Crippen molar-refractivity contribution in [2.45, 2.75) is 13.3 Å². The van der Waals surface area contributed by atoms with E-state index in [0.717, 1.165) is 31.6 Å². The van der Waals surface area contributed by atoms with Crippen LogP contribution in [-0.2, 0) is 6.42 Å².